The van der Waals surface area contributed by atoms with Crippen molar-refractivity contribution in [3.63, 3.8) is 0 Å². The molecule has 0 unspecified atom stereocenters. The van der Waals surface area contributed by atoms with Gasteiger partial charge in [0.25, 0.3) is 0 Å². The van der Waals surface area contributed by atoms with Crippen LogP contribution in [-0.2, 0) is 29.4 Å². The number of hydrogen-bond donors (Lipinski definition) is 0. The van der Waals surface area contributed by atoms with E-state index >= 15 is 0 Å². The Morgan fingerprint density at radius 2 is 1.26 bits per heavy atom. The molecule has 4 fully saturated rings. The van der Waals surface area contributed by atoms with E-state index in [0.29, 0.717) is 35.8 Å². The number of hydrogen-bond acceptors (Lipinski definition) is 16. The number of hydroxylamine groups is 4. The Morgan fingerprint density at radius 1 is 0.804 bits per heavy atom. The van der Waals surface area contributed by atoms with Crippen molar-refractivity contribution in [2.45, 2.75) is 56.8 Å². The minimum Gasteiger partial charge on any atom is -0.724 e. The number of piperidine rings is 2. The third kappa shape index (κ3) is 8.54. The summed E-state index contributed by atoms with van der Waals surface area (Å²) in [6.07, 6.45) is 6.22. The molecule has 4 aliphatic heterocycles. The van der Waals surface area contributed by atoms with Crippen LogP contribution in [0.1, 0.15) is 55.2 Å². The Balaban J connectivity index is 0.000000170. The molecular weight excluding hydrogens is 669 g/mol. The molecule has 3 aromatic rings. The first kappa shape index (κ1) is 35.6. The molecule has 4 aliphatic rings. The van der Waals surface area contributed by atoms with Gasteiger partial charge in [0.1, 0.15) is 12.1 Å². The number of rotatable bonds is 6. The molecule has 0 saturated carbocycles. The number of aromatic nitrogens is 5. The first-order valence-corrected chi connectivity index (χ1v) is 15.9. The predicted octanol–water partition coefficient (Wildman–Crippen LogP) is -3.38. The molecular formula is C22H26N9NaO12S2. The molecule has 4 atom stereocenters. The smallest absolute Gasteiger partial charge is 0.724 e. The normalized spacial score (nSPS) is 23.7. The molecule has 0 aromatic carbocycles. The van der Waals surface area contributed by atoms with Gasteiger partial charge in [0.05, 0.1) is 12.1 Å². The molecule has 0 aliphatic carbocycles. The fourth-order valence-corrected chi connectivity index (χ4v) is 6.07. The van der Waals surface area contributed by atoms with Gasteiger partial charge in [-0.15, -0.1) is 20.4 Å². The van der Waals surface area contributed by atoms with Gasteiger partial charge >= 0.3 is 41.6 Å². The topological polar surface area (TPSA) is 272 Å². The van der Waals surface area contributed by atoms with E-state index in [-0.39, 0.29) is 54.4 Å². The number of carbonyl (C=O) groups excluding carboxylic acids is 2. The maximum atomic E-state index is 12.0. The maximum absolute atomic E-state index is 12.0. The maximum Gasteiger partial charge on any atom is 1.00 e. The van der Waals surface area contributed by atoms with Gasteiger partial charge < -0.3 is 27.7 Å². The van der Waals surface area contributed by atoms with E-state index in [1.807, 2.05) is 31.3 Å². The molecule has 3 aromatic heterocycles. The fraction of sp³-hybridized carbons (Fsp3) is 0.500. The average molecular weight is 696 g/mol. The summed E-state index contributed by atoms with van der Waals surface area (Å²) < 4.78 is 82.1. The second-order valence-corrected chi connectivity index (χ2v) is 12.0. The van der Waals surface area contributed by atoms with E-state index in [4.69, 9.17) is 8.83 Å². The first-order chi connectivity index (χ1) is 21.3. The first-order valence-electron chi connectivity index (χ1n) is 13.3. The Morgan fingerprint density at radius 3 is 1.57 bits per heavy atom. The number of H-pyrrole nitrogens is 1. The van der Waals surface area contributed by atoms with Crippen LogP contribution in [0.3, 0.4) is 0 Å². The van der Waals surface area contributed by atoms with Crippen LogP contribution in [0, 0.1) is 6.92 Å². The van der Waals surface area contributed by atoms with Crippen LogP contribution < -0.4 is 34.5 Å². The molecule has 4 amide bonds. The van der Waals surface area contributed by atoms with Crippen LogP contribution in [0.5, 0.6) is 0 Å². The van der Waals surface area contributed by atoms with Gasteiger partial charge in [0, 0.05) is 32.1 Å². The zero-order valence-corrected chi connectivity index (χ0v) is 27.9. The minimum atomic E-state index is -4.97. The average Bonchev–Trinajstić information content (AvgIpc) is 3.79. The quantitative estimate of drug-likeness (QED) is 0.138. The van der Waals surface area contributed by atoms with Crippen molar-refractivity contribution < 1.29 is 87.5 Å². The van der Waals surface area contributed by atoms with Crippen molar-refractivity contribution in [3.05, 3.63) is 54.7 Å². The molecule has 244 valence electrons. The number of aromatic amines is 1. The van der Waals surface area contributed by atoms with Gasteiger partial charge in [-0.2, -0.15) is 18.7 Å². The summed E-state index contributed by atoms with van der Waals surface area (Å²) in [5.74, 6) is 0.553. The Bertz CT molecular complexity index is 1580. The van der Waals surface area contributed by atoms with Crippen LogP contribution >= 0.6 is 0 Å². The second kappa shape index (κ2) is 14.6. The SMILES string of the molecule is Cc1cccc[nH+]1.O=C1N2C[C@@H](CC[C@H]2c2nnco2)N1OS(=O)(=O)[O-].O=C1N2C[C@@H](CC[C@H]2c2nnco2)N1OS(=O)(=O)[O-].[Na+]. The van der Waals surface area contributed by atoms with Crippen molar-refractivity contribution >= 4 is 32.9 Å². The largest absolute Gasteiger partial charge is 1.00 e. The van der Waals surface area contributed by atoms with Crippen LogP contribution in [0.25, 0.3) is 0 Å². The number of aryl methyl sites for hydroxylation is 1. The molecule has 7 heterocycles. The van der Waals surface area contributed by atoms with Gasteiger partial charge in [-0.1, -0.05) is 6.07 Å². The van der Waals surface area contributed by atoms with Crippen molar-refractivity contribution in [1.29, 1.82) is 0 Å². The summed E-state index contributed by atoms with van der Waals surface area (Å²) in [5, 5.41) is 15.8. The number of fused-ring (bicyclic) bond motifs is 4. The molecule has 21 nitrogen and oxygen atoms in total. The summed E-state index contributed by atoms with van der Waals surface area (Å²) >= 11 is 0. The molecule has 4 bridgehead atoms. The Labute approximate surface area is 283 Å². The summed E-state index contributed by atoms with van der Waals surface area (Å²) in [6.45, 7) is 2.53. The monoisotopic (exact) mass is 695 g/mol. The van der Waals surface area contributed by atoms with Crippen LogP contribution in [-0.4, -0.2) is 103 Å². The molecule has 1 N–H and O–H groups in total. The molecule has 0 spiro atoms. The van der Waals surface area contributed by atoms with Crippen LogP contribution in [0.15, 0.2) is 46.0 Å². The van der Waals surface area contributed by atoms with Gasteiger partial charge in [-0.05, 0) is 25.7 Å². The van der Waals surface area contributed by atoms with Gasteiger partial charge in [0.2, 0.25) is 45.4 Å². The third-order valence-corrected chi connectivity index (χ3v) is 7.86. The third-order valence-electron chi connectivity index (χ3n) is 7.18. The number of carbonyl (C=O) groups is 2. The summed E-state index contributed by atoms with van der Waals surface area (Å²) in [7, 11) is -9.95. The van der Waals surface area contributed by atoms with Gasteiger partial charge in [-0.25, -0.2) is 31.4 Å². The molecule has 4 saturated heterocycles. The molecule has 46 heavy (non-hydrogen) atoms. The van der Waals surface area contributed by atoms with E-state index in [9.17, 15) is 35.5 Å². The van der Waals surface area contributed by atoms with E-state index < -0.39 is 57.0 Å². The number of pyridine rings is 1. The van der Waals surface area contributed by atoms with E-state index in [1.54, 1.807) is 0 Å². The summed E-state index contributed by atoms with van der Waals surface area (Å²) in [6, 6.07) is 2.85. The molecule has 24 heteroatoms. The van der Waals surface area contributed by atoms with Crippen molar-refractivity contribution in [1.82, 2.24) is 40.3 Å². The fourth-order valence-electron chi connectivity index (χ4n) is 5.31. The van der Waals surface area contributed by atoms with E-state index in [0.717, 1.165) is 12.8 Å². The van der Waals surface area contributed by atoms with Crippen molar-refractivity contribution in [2.75, 3.05) is 13.1 Å². The van der Waals surface area contributed by atoms with Crippen LogP contribution in [0.2, 0.25) is 0 Å². The van der Waals surface area contributed by atoms with Crippen molar-refractivity contribution in [2.24, 2.45) is 0 Å². The summed E-state index contributed by atoms with van der Waals surface area (Å²) in [5.41, 5.74) is 1.20. The van der Waals surface area contributed by atoms with E-state index in [2.05, 4.69) is 33.9 Å². The van der Waals surface area contributed by atoms with Crippen LogP contribution in [0.4, 0.5) is 9.59 Å². The predicted molar refractivity (Wildman–Crippen MR) is 137 cm³/mol. The number of nitrogens with zero attached hydrogens (tertiary/aromatic N) is 8. The number of nitrogens with one attached hydrogen (secondary N) is 1. The Kier molecular flexibility index (Phi) is 11.3. The van der Waals surface area contributed by atoms with Crippen molar-refractivity contribution in [3.8, 4) is 0 Å². The molecule has 7 rings (SSSR count). The summed E-state index contributed by atoms with van der Waals surface area (Å²) in [4.78, 5) is 29.7. The van der Waals surface area contributed by atoms with E-state index in [1.165, 1.54) is 15.5 Å². The Hall–Kier alpha value is -3.29. The minimum absolute atomic E-state index is 0. The second-order valence-electron chi connectivity index (χ2n) is 10.1. The van der Waals surface area contributed by atoms with Gasteiger partial charge in [-0.3, -0.25) is 0 Å². The zero-order chi connectivity index (χ0) is 32.4. The zero-order valence-electron chi connectivity index (χ0n) is 24.3. The number of urea groups is 2. The molecule has 0 radical (unpaired) electrons. The number of amides is 4. The van der Waals surface area contributed by atoms with Gasteiger partial charge in [0.15, 0.2) is 11.9 Å². The standard InChI is InChI=1S/2C8H10N4O6S.C6H7N.Na/c2*13-8-11-3-5(12(8)18-19(14,15)16)1-2-6(11)7-10-9-4-17-7;1-6-4-2-3-5-7-6;/h2*4-6H,1-3H2,(H,14,15,16);2-5H,1H3;/q;;;+1/p-1/t2*5-,6+;;/m11../s1.